The molecular formula is C80H105ClN16O17. The number of aromatic hydroxyl groups is 1. The molecule has 2 aliphatic heterocycles. The van der Waals surface area contributed by atoms with E-state index in [1.54, 1.807) is 50.2 Å². The number of amides is 12. The third-order valence-corrected chi connectivity index (χ3v) is 20.6. The van der Waals surface area contributed by atoms with Crippen molar-refractivity contribution in [2.24, 2.45) is 17.4 Å². The SMILES string of the molecule is CC(C)CC(NC(=O)C(CCCCNC(=O)C1=CC(O)C(O)C(O)C1)NC(=O)C(Cc1ccc(O)cc1)N(C)C(=O)C(CO)NC(=O)C(Cc1cccnc1)NC(=O)C(Cc1ccc(Cl)cc1)NC(=O)C(Cc1ccc2ccccc2c1)N1CCCC1=O)C(=O)NC(CCCNC(=N)N)C(=O)N1CCCC1C(=O)NC(C)C(N)=O. The summed E-state index contributed by atoms with van der Waals surface area (Å²) in [6, 6.07) is 14.7. The van der Waals surface area contributed by atoms with Crippen LogP contribution in [0.2, 0.25) is 5.02 Å². The highest BCUT2D eigenvalue weighted by Crippen LogP contribution is 2.26. The number of carbonyl (C=O) groups excluding carboxylic acids is 12. The molecule has 614 valence electrons. The topological polar surface area (TPSA) is 513 Å². The summed E-state index contributed by atoms with van der Waals surface area (Å²) < 4.78 is 0. The summed E-state index contributed by atoms with van der Waals surface area (Å²) in [6.07, 6.45) is -0.0259. The first-order chi connectivity index (χ1) is 54.4. The van der Waals surface area contributed by atoms with Crippen molar-refractivity contribution in [2.75, 3.05) is 39.8 Å². The number of primary amides is 1. The number of unbranched alkanes of at least 4 members (excludes halogenated alkanes) is 1. The highest BCUT2D eigenvalue weighted by Gasteiger charge is 2.42. The molecule has 13 unspecified atom stereocenters. The first-order valence-corrected chi connectivity index (χ1v) is 38.6. The number of aliphatic hydroxyl groups is 4. The number of aliphatic hydroxyl groups excluding tert-OH is 4. The average Bonchev–Trinajstić information content (AvgIpc) is 1.50. The fourth-order valence-corrected chi connectivity index (χ4v) is 14.1. The van der Waals surface area contributed by atoms with Gasteiger partial charge in [-0.2, -0.15) is 0 Å². The summed E-state index contributed by atoms with van der Waals surface area (Å²) in [5.41, 5.74) is 13.1. The van der Waals surface area contributed by atoms with Gasteiger partial charge in [0.1, 0.15) is 78.4 Å². The van der Waals surface area contributed by atoms with Gasteiger partial charge in [-0.15, -0.1) is 0 Å². The van der Waals surface area contributed by atoms with Crippen molar-refractivity contribution in [1.82, 2.24) is 67.5 Å². The van der Waals surface area contributed by atoms with Gasteiger partial charge in [0.15, 0.2) is 5.96 Å². The number of phenols is 1. The summed E-state index contributed by atoms with van der Waals surface area (Å²) in [5.74, 6) is -10.3. The van der Waals surface area contributed by atoms with E-state index in [4.69, 9.17) is 28.5 Å². The average molecular weight is 1600 g/mol. The number of hydrogen-bond donors (Lipinski definition) is 17. The third-order valence-electron chi connectivity index (χ3n) is 20.3. The number of nitrogens with zero attached hydrogens (tertiary/aromatic N) is 4. The second kappa shape index (κ2) is 42.7. The Balaban J connectivity index is 1.06. The lowest BCUT2D eigenvalue weighted by Crippen LogP contribution is -2.62. The lowest BCUT2D eigenvalue weighted by Gasteiger charge is -2.33. The number of likely N-dealkylation sites (N-methyl/N-ethyl adjacent to an activating group) is 1. The van der Waals surface area contributed by atoms with Crippen molar-refractivity contribution >= 4 is 99.2 Å². The largest absolute Gasteiger partial charge is 0.508 e. The Labute approximate surface area is 665 Å². The predicted molar refractivity (Wildman–Crippen MR) is 420 cm³/mol. The van der Waals surface area contributed by atoms with E-state index < -0.39 is 150 Å². The number of halogens is 1. The van der Waals surface area contributed by atoms with Gasteiger partial charge >= 0.3 is 0 Å². The molecule has 1 aromatic heterocycles. The maximum absolute atomic E-state index is 15.4. The fourth-order valence-electron chi connectivity index (χ4n) is 14.0. The normalized spacial score (nSPS) is 18.4. The van der Waals surface area contributed by atoms with Crippen LogP contribution in [-0.2, 0) is 83.2 Å². The van der Waals surface area contributed by atoms with Crippen LogP contribution in [-0.4, -0.2) is 241 Å². The molecule has 12 amide bonds. The number of nitrogens with one attached hydrogen (secondary N) is 10. The first-order valence-electron chi connectivity index (χ1n) is 38.3. The summed E-state index contributed by atoms with van der Waals surface area (Å²) >= 11 is 6.29. The molecule has 1 aliphatic carbocycles. The number of likely N-dealkylation sites (tertiary alicyclic amines) is 2. The van der Waals surface area contributed by atoms with Crippen molar-refractivity contribution in [3.05, 3.63) is 154 Å². The second-order valence-electron chi connectivity index (χ2n) is 29.5. The van der Waals surface area contributed by atoms with Crippen molar-refractivity contribution in [1.29, 1.82) is 5.41 Å². The molecule has 0 saturated carbocycles. The van der Waals surface area contributed by atoms with Gasteiger partial charge in [0.25, 0.3) is 0 Å². The molecule has 3 aliphatic rings. The third kappa shape index (κ3) is 25.7. The quantitative estimate of drug-likeness (QED) is 0.0134. The van der Waals surface area contributed by atoms with Gasteiger partial charge < -0.3 is 99.6 Å². The Hall–Kier alpha value is -11.1. The number of benzene rings is 4. The molecule has 19 N–H and O–H groups in total. The van der Waals surface area contributed by atoms with E-state index in [1.807, 2.05) is 42.5 Å². The van der Waals surface area contributed by atoms with Gasteiger partial charge in [-0.05, 0) is 140 Å². The Morgan fingerprint density at radius 3 is 1.87 bits per heavy atom. The lowest BCUT2D eigenvalue weighted by molar-refractivity contribution is -0.144. The summed E-state index contributed by atoms with van der Waals surface area (Å²) in [7, 11) is 1.21. The number of carbonyl (C=O) groups is 12. The molecule has 2 saturated heterocycles. The maximum atomic E-state index is 15.4. The van der Waals surface area contributed by atoms with E-state index >= 15 is 24.0 Å². The minimum Gasteiger partial charge on any atom is -0.508 e. The van der Waals surface area contributed by atoms with E-state index in [2.05, 4.69) is 52.8 Å². The molecule has 0 bridgehead atoms. The molecule has 114 heavy (non-hydrogen) atoms. The summed E-state index contributed by atoms with van der Waals surface area (Å²) in [5, 5.41) is 86.4. The number of pyridine rings is 1. The monoisotopic (exact) mass is 1600 g/mol. The molecule has 13 atom stereocenters. The van der Waals surface area contributed by atoms with Crippen molar-refractivity contribution in [3.63, 3.8) is 0 Å². The molecule has 4 aromatic carbocycles. The zero-order valence-electron chi connectivity index (χ0n) is 64.2. The Morgan fingerprint density at radius 1 is 0.632 bits per heavy atom. The van der Waals surface area contributed by atoms with Crippen LogP contribution in [0.1, 0.15) is 114 Å². The van der Waals surface area contributed by atoms with Crippen LogP contribution in [0.3, 0.4) is 0 Å². The van der Waals surface area contributed by atoms with Gasteiger partial charge in [-0.25, -0.2) is 0 Å². The van der Waals surface area contributed by atoms with Crippen molar-refractivity contribution in [3.8, 4) is 5.75 Å². The number of hydrogen-bond acceptors (Lipinski definition) is 19. The minimum absolute atomic E-state index is 0.00214. The van der Waals surface area contributed by atoms with Gasteiger partial charge in [-0.3, -0.25) is 67.9 Å². The number of nitrogens with two attached hydrogens (primary N) is 2. The highest BCUT2D eigenvalue weighted by molar-refractivity contribution is 6.30. The van der Waals surface area contributed by atoms with Gasteiger partial charge in [0.05, 0.1) is 12.7 Å². The summed E-state index contributed by atoms with van der Waals surface area (Å²) in [6.45, 7) is 4.23. The molecule has 0 radical (unpaired) electrons. The predicted octanol–water partition coefficient (Wildman–Crippen LogP) is -0.427. The van der Waals surface area contributed by atoms with Crippen LogP contribution in [0.15, 0.2) is 127 Å². The number of phenolic OH excluding ortho intramolecular Hbond substituents is 1. The second-order valence-corrected chi connectivity index (χ2v) is 29.9. The fraction of sp³-hybridized carbons (Fsp3) is 0.475. The Bertz CT molecular complexity index is 4250. The van der Waals surface area contributed by atoms with Crippen LogP contribution in [0.4, 0.5) is 0 Å². The number of rotatable bonds is 40. The van der Waals surface area contributed by atoms with E-state index in [1.165, 1.54) is 60.4 Å². The van der Waals surface area contributed by atoms with Crippen molar-refractivity contribution in [2.45, 2.75) is 196 Å². The van der Waals surface area contributed by atoms with E-state index in [9.17, 15) is 59.1 Å². The van der Waals surface area contributed by atoms with Crippen LogP contribution in [0.25, 0.3) is 10.8 Å². The zero-order chi connectivity index (χ0) is 82.9. The Morgan fingerprint density at radius 2 is 1.23 bits per heavy atom. The summed E-state index contributed by atoms with van der Waals surface area (Å²) in [4.78, 5) is 180. The standard InChI is InChI=1S/C80H105ClN16O17/c1-45(2)35-58(72(107)90-57(17-10-32-87-80(83)84)79(114)97-34-11-18-62(97)75(110)88-46(3)69(82)104)91-71(106)56(16-7-8-31-86-70(105)53-41-65(100)68(103)66(101)42-53)89-76(111)63(39-48-23-28-55(99)29-24-48)95(4)78(113)61(44-98)94-74(109)60(38-50-13-9-30-85-43-50)92-73(108)59(37-47-21-26-54(81)27-22-47)93-77(112)64(96-33-12-19-67(96)102)40-49-20-25-51-14-5-6-15-52(51)36-49/h5-6,9,13-15,20-30,36,41,43,45-46,56-66,68,98-101,103H,7-8,10-12,16-19,31-35,37-40,42,44H2,1-4H3,(H2,82,104)(H,86,105)(H,88,110)(H,89,111)(H,90,107)(H,91,106)(H,92,108)(H,93,112)(H,94,109)(H4,83,84,87). The number of fused-ring (bicyclic) bond motifs is 1. The highest BCUT2D eigenvalue weighted by atomic mass is 35.5. The van der Waals surface area contributed by atoms with Crippen LogP contribution in [0, 0.1) is 11.3 Å². The molecule has 8 rings (SSSR count). The van der Waals surface area contributed by atoms with Gasteiger partial charge in [-0.1, -0.05) is 98.2 Å². The first kappa shape index (κ1) is 88.4. The molecule has 0 spiro atoms. The molecule has 3 heterocycles. The smallest absolute Gasteiger partial charge is 0.247 e. The zero-order valence-corrected chi connectivity index (χ0v) is 65.0. The number of aromatic nitrogens is 1. The van der Waals surface area contributed by atoms with Gasteiger partial charge in [0, 0.05) is 94.7 Å². The van der Waals surface area contributed by atoms with Crippen LogP contribution in [0.5, 0.6) is 5.75 Å². The van der Waals surface area contributed by atoms with E-state index in [0.717, 1.165) is 27.3 Å². The molecule has 33 nitrogen and oxygen atoms in total. The molecular weight excluding hydrogens is 1490 g/mol. The molecule has 34 heteroatoms. The number of guanidine groups is 1. The lowest BCUT2D eigenvalue weighted by atomic mass is 9.92. The van der Waals surface area contributed by atoms with Crippen molar-refractivity contribution < 1.29 is 83.1 Å². The minimum atomic E-state index is -1.87. The van der Waals surface area contributed by atoms with E-state index in [-0.39, 0.29) is 139 Å². The van der Waals surface area contributed by atoms with Crippen LogP contribution >= 0.6 is 11.6 Å². The van der Waals surface area contributed by atoms with Crippen LogP contribution < -0.4 is 59.3 Å². The maximum Gasteiger partial charge on any atom is 0.247 e. The molecule has 2 fully saturated rings. The van der Waals surface area contributed by atoms with Gasteiger partial charge in [0.2, 0.25) is 70.9 Å². The van der Waals surface area contributed by atoms with E-state index in [0.29, 0.717) is 34.6 Å². The molecule has 5 aromatic rings. The Kier molecular flexibility index (Phi) is 33.1.